The maximum Gasteiger partial charge on any atom is 0.254 e. The molecule has 0 unspecified atom stereocenters. The lowest BCUT2D eigenvalue weighted by molar-refractivity contribution is 0.0735. The molecule has 1 amide bonds. The lowest BCUT2D eigenvalue weighted by atomic mass is 10.1. The van der Waals surface area contributed by atoms with Gasteiger partial charge in [0.1, 0.15) is 5.01 Å². The van der Waals surface area contributed by atoms with Gasteiger partial charge in [-0.1, -0.05) is 12.1 Å². The number of aromatic nitrogens is 1. The van der Waals surface area contributed by atoms with Crippen LogP contribution in [-0.4, -0.2) is 32.8 Å². The summed E-state index contributed by atoms with van der Waals surface area (Å²) in [5, 5.41) is 1.01. The van der Waals surface area contributed by atoms with Gasteiger partial charge in [0.05, 0.1) is 16.3 Å². The molecule has 25 heavy (non-hydrogen) atoms. The van der Waals surface area contributed by atoms with Gasteiger partial charge in [-0.05, 0) is 49.2 Å². The van der Waals surface area contributed by atoms with E-state index in [9.17, 15) is 9.00 Å². The Morgan fingerprint density at radius 3 is 2.68 bits per heavy atom. The van der Waals surface area contributed by atoms with Crippen molar-refractivity contribution in [3.8, 4) is 0 Å². The van der Waals surface area contributed by atoms with Crippen LogP contribution in [0.1, 0.15) is 34.2 Å². The predicted molar refractivity (Wildman–Crippen MR) is 101 cm³/mol. The zero-order valence-corrected chi connectivity index (χ0v) is 15.5. The van der Waals surface area contributed by atoms with Crippen molar-refractivity contribution >= 4 is 38.3 Å². The Labute approximate surface area is 153 Å². The Hall–Kier alpha value is -2.05. The maximum atomic E-state index is 13.0. The molecular weight excluding hydrogens is 352 g/mol. The fourth-order valence-corrected chi connectivity index (χ4v) is 4.89. The van der Waals surface area contributed by atoms with E-state index < -0.39 is 10.8 Å². The molecule has 2 atom stereocenters. The van der Waals surface area contributed by atoms with Gasteiger partial charge in [-0.2, -0.15) is 0 Å². The number of likely N-dealkylation sites (tertiary alicyclic amines) is 1. The summed E-state index contributed by atoms with van der Waals surface area (Å²) in [4.78, 5) is 20.4. The van der Waals surface area contributed by atoms with E-state index in [1.165, 1.54) is 0 Å². The van der Waals surface area contributed by atoms with Crippen LogP contribution in [0.4, 0.5) is 0 Å². The normalized spacial score (nSPS) is 18.6. The smallest absolute Gasteiger partial charge is 0.254 e. The Kier molecular flexibility index (Phi) is 4.39. The summed E-state index contributed by atoms with van der Waals surface area (Å²) in [5.74, 6) is 0.0233. The van der Waals surface area contributed by atoms with Gasteiger partial charge >= 0.3 is 0 Å². The van der Waals surface area contributed by atoms with E-state index in [4.69, 9.17) is 4.98 Å². The average molecular weight is 370 g/mol. The molecule has 2 heterocycles. The lowest BCUT2D eigenvalue weighted by Crippen LogP contribution is -2.30. The number of carbonyl (C=O) groups excluding carboxylic acids is 1. The minimum absolute atomic E-state index is 0.0233. The van der Waals surface area contributed by atoms with Crippen molar-refractivity contribution in [3.63, 3.8) is 0 Å². The molecular formula is C19H18N2O2S2. The molecule has 4 nitrogen and oxygen atoms in total. The summed E-state index contributed by atoms with van der Waals surface area (Å²) >= 11 is 1.67. The van der Waals surface area contributed by atoms with Crippen LogP contribution in [0.15, 0.2) is 53.4 Å². The molecule has 1 aliphatic heterocycles. The van der Waals surface area contributed by atoms with Gasteiger partial charge < -0.3 is 4.90 Å². The van der Waals surface area contributed by atoms with Crippen molar-refractivity contribution in [2.45, 2.75) is 23.8 Å². The predicted octanol–water partition coefficient (Wildman–Crippen LogP) is 4.01. The summed E-state index contributed by atoms with van der Waals surface area (Å²) in [6.45, 7) is 0.751. The Bertz CT molecular complexity index is 916. The second-order valence-corrected chi connectivity index (χ2v) is 8.60. The number of nitrogens with zero attached hydrogens (tertiary/aromatic N) is 2. The fraction of sp³-hybridized carbons (Fsp3) is 0.263. The highest BCUT2D eigenvalue weighted by atomic mass is 32.2. The van der Waals surface area contributed by atoms with Crippen molar-refractivity contribution in [2.75, 3.05) is 12.8 Å². The van der Waals surface area contributed by atoms with Crippen LogP contribution in [0.25, 0.3) is 10.2 Å². The van der Waals surface area contributed by atoms with Gasteiger partial charge in [0.15, 0.2) is 0 Å². The minimum Gasteiger partial charge on any atom is -0.329 e. The highest BCUT2D eigenvalue weighted by molar-refractivity contribution is 7.84. The molecule has 1 aromatic heterocycles. The van der Waals surface area contributed by atoms with Gasteiger partial charge in [-0.15, -0.1) is 11.3 Å². The van der Waals surface area contributed by atoms with E-state index in [0.717, 1.165) is 39.5 Å². The number of hydrogen-bond acceptors (Lipinski definition) is 4. The molecule has 1 aliphatic rings. The molecule has 3 aromatic rings. The highest BCUT2D eigenvalue weighted by Gasteiger charge is 2.32. The first-order chi connectivity index (χ1) is 12.1. The van der Waals surface area contributed by atoms with Gasteiger partial charge in [0, 0.05) is 34.1 Å². The number of rotatable bonds is 3. The quantitative estimate of drug-likeness (QED) is 0.700. The van der Waals surface area contributed by atoms with Crippen LogP contribution < -0.4 is 0 Å². The van der Waals surface area contributed by atoms with Crippen LogP contribution in [0.2, 0.25) is 0 Å². The lowest BCUT2D eigenvalue weighted by Gasteiger charge is -2.23. The fourth-order valence-electron chi connectivity index (χ4n) is 3.25. The number of amides is 1. The van der Waals surface area contributed by atoms with E-state index in [0.29, 0.717) is 5.56 Å². The summed E-state index contributed by atoms with van der Waals surface area (Å²) in [5.41, 5.74) is 1.64. The third-order valence-electron chi connectivity index (χ3n) is 4.54. The highest BCUT2D eigenvalue weighted by Crippen LogP contribution is 2.37. The van der Waals surface area contributed by atoms with Crippen LogP contribution in [0.3, 0.4) is 0 Å². The molecule has 4 rings (SSSR count). The second-order valence-electron chi connectivity index (χ2n) is 6.15. The maximum absolute atomic E-state index is 13.0. The summed E-state index contributed by atoms with van der Waals surface area (Å²) in [6.07, 6.45) is 3.58. The van der Waals surface area contributed by atoms with Gasteiger partial charge in [0.25, 0.3) is 5.91 Å². The summed E-state index contributed by atoms with van der Waals surface area (Å²) in [7, 11) is -1.03. The van der Waals surface area contributed by atoms with Gasteiger partial charge in [-0.3, -0.25) is 9.00 Å². The Balaban J connectivity index is 1.62. The van der Waals surface area contributed by atoms with Crippen LogP contribution in [0, 0.1) is 0 Å². The van der Waals surface area contributed by atoms with Crippen molar-refractivity contribution < 1.29 is 9.00 Å². The molecule has 0 N–H and O–H groups in total. The van der Waals surface area contributed by atoms with Gasteiger partial charge in [-0.25, -0.2) is 4.98 Å². The molecule has 0 aliphatic carbocycles. The van der Waals surface area contributed by atoms with Crippen LogP contribution in [0.5, 0.6) is 0 Å². The number of carbonyl (C=O) groups is 1. The first kappa shape index (κ1) is 16.4. The first-order valence-electron chi connectivity index (χ1n) is 8.23. The molecule has 128 valence electrons. The van der Waals surface area contributed by atoms with Crippen molar-refractivity contribution in [2.24, 2.45) is 0 Å². The number of fused-ring (bicyclic) bond motifs is 1. The largest absolute Gasteiger partial charge is 0.329 e. The zero-order valence-electron chi connectivity index (χ0n) is 13.8. The topological polar surface area (TPSA) is 50.3 Å². The minimum atomic E-state index is -1.03. The summed E-state index contributed by atoms with van der Waals surface area (Å²) < 4.78 is 12.7. The molecule has 1 saturated heterocycles. The van der Waals surface area contributed by atoms with Crippen LogP contribution >= 0.6 is 11.3 Å². The molecule has 0 radical (unpaired) electrons. The number of hydrogen-bond donors (Lipinski definition) is 0. The molecule has 1 fully saturated rings. The number of benzene rings is 2. The summed E-state index contributed by atoms with van der Waals surface area (Å²) in [6, 6.07) is 15.2. The van der Waals surface area contributed by atoms with Crippen molar-refractivity contribution in [1.82, 2.24) is 9.88 Å². The van der Waals surface area contributed by atoms with E-state index in [-0.39, 0.29) is 11.9 Å². The van der Waals surface area contributed by atoms with Crippen molar-refractivity contribution in [3.05, 3.63) is 59.1 Å². The number of para-hydroxylation sites is 1. The second kappa shape index (κ2) is 6.69. The standard InChI is InChI=1S/C19H18N2O2S2/c1-25(23)14-10-8-13(9-11-14)19(22)21-12-4-6-16(21)18-20-15-5-2-3-7-17(15)24-18/h2-3,5,7-11,16H,4,6,12H2,1H3/t16-,25+/m0/s1. The molecule has 2 aromatic carbocycles. The van der Waals surface area contributed by atoms with Crippen LogP contribution in [-0.2, 0) is 10.8 Å². The Morgan fingerprint density at radius 2 is 1.96 bits per heavy atom. The third kappa shape index (κ3) is 3.12. The number of thiazole rings is 1. The molecule has 0 bridgehead atoms. The van der Waals surface area contributed by atoms with Crippen molar-refractivity contribution in [1.29, 1.82) is 0 Å². The van der Waals surface area contributed by atoms with E-state index in [1.807, 2.05) is 23.1 Å². The first-order valence-corrected chi connectivity index (χ1v) is 10.6. The molecule has 0 saturated carbocycles. The molecule has 6 heteroatoms. The van der Waals surface area contributed by atoms with E-state index in [2.05, 4.69) is 6.07 Å². The monoisotopic (exact) mass is 370 g/mol. The zero-order chi connectivity index (χ0) is 17.4. The van der Waals surface area contributed by atoms with E-state index in [1.54, 1.807) is 41.9 Å². The van der Waals surface area contributed by atoms with Gasteiger partial charge in [0.2, 0.25) is 0 Å². The SMILES string of the molecule is C[S@@](=O)c1ccc(C(=O)N2CCC[C@H]2c2nc3ccccc3s2)cc1. The third-order valence-corrected chi connectivity index (χ3v) is 6.62. The average Bonchev–Trinajstić information content (AvgIpc) is 3.27. The molecule has 0 spiro atoms. The Morgan fingerprint density at radius 1 is 1.20 bits per heavy atom. The van der Waals surface area contributed by atoms with E-state index >= 15 is 0 Å².